The second-order valence-electron chi connectivity index (χ2n) is 7.00. The van der Waals surface area contributed by atoms with E-state index in [9.17, 15) is 13.2 Å². The summed E-state index contributed by atoms with van der Waals surface area (Å²) in [4.78, 5) is 14.6. The molecule has 0 radical (unpaired) electrons. The van der Waals surface area contributed by atoms with Crippen LogP contribution in [0.3, 0.4) is 0 Å². The molecule has 1 fully saturated rings. The van der Waals surface area contributed by atoms with E-state index in [4.69, 9.17) is 0 Å². The van der Waals surface area contributed by atoms with Crippen LogP contribution in [0.25, 0.3) is 5.69 Å². The van der Waals surface area contributed by atoms with Crippen LogP contribution in [0.4, 0.5) is 0 Å². The van der Waals surface area contributed by atoms with Gasteiger partial charge in [0.15, 0.2) is 9.84 Å². The van der Waals surface area contributed by atoms with Crippen LogP contribution < -0.4 is 0 Å². The van der Waals surface area contributed by atoms with E-state index in [2.05, 4.69) is 22.4 Å². The Kier molecular flexibility index (Phi) is 6.71. The molecule has 1 aliphatic heterocycles. The molecule has 28 heavy (non-hydrogen) atoms. The molecule has 152 valence electrons. The van der Waals surface area contributed by atoms with Crippen molar-refractivity contribution in [3.05, 3.63) is 29.8 Å². The molecule has 1 aliphatic rings. The lowest BCUT2D eigenvalue weighted by Crippen LogP contribution is -2.42. The van der Waals surface area contributed by atoms with Crippen molar-refractivity contribution in [2.75, 3.05) is 23.8 Å². The lowest BCUT2D eigenvalue weighted by molar-refractivity contribution is -0.130. The molecule has 0 bridgehead atoms. The second-order valence-corrected chi connectivity index (χ2v) is 10.2. The number of aromatic nitrogens is 4. The van der Waals surface area contributed by atoms with Crippen LogP contribution in [-0.2, 0) is 14.6 Å². The molecule has 10 heteroatoms. The van der Waals surface area contributed by atoms with E-state index in [-0.39, 0.29) is 29.2 Å². The van der Waals surface area contributed by atoms with Crippen molar-refractivity contribution < 1.29 is 13.2 Å². The fourth-order valence-electron chi connectivity index (χ4n) is 3.19. The van der Waals surface area contributed by atoms with Gasteiger partial charge in [-0.25, -0.2) is 8.42 Å². The van der Waals surface area contributed by atoms with Crippen LogP contribution in [0.2, 0.25) is 0 Å². The summed E-state index contributed by atoms with van der Waals surface area (Å²) in [7, 11) is -3.04. The maximum absolute atomic E-state index is 12.9. The maximum Gasteiger partial charge on any atom is 0.233 e. The third kappa shape index (κ3) is 5.11. The van der Waals surface area contributed by atoms with Crippen molar-refractivity contribution in [3.63, 3.8) is 0 Å². The molecule has 2 heterocycles. The fraction of sp³-hybridized carbons (Fsp3) is 0.556. The SMILES string of the molecule is CCCCN(C(=O)CSc1nnnn1-c1ccc(C)cc1)[C@@H]1CCS(=O)(=O)C1. The Bertz CT molecular complexity index is 912. The van der Waals surface area contributed by atoms with Crippen molar-refractivity contribution >= 4 is 27.5 Å². The van der Waals surface area contributed by atoms with E-state index in [1.807, 2.05) is 31.2 Å². The van der Waals surface area contributed by atoms with Crippen molar-refractivity contribution in [2.24, 2.45) is 0 Å². The molecule has 0 aliphatic carbocycles. The van der Waals surface area contributed by atoms with Crippen LogP contribution >= 0.6 is 11.8 Å². The Hall–Kier alpha value is -1.94. The predicted molar refractivity (Wildman–Crippen MR) is 108 cm³/mol. The van der Waals surface area contributed by atoms with E-state index in [0.717, 1.165) is 24.1 Å². The molecule has 0 unspecified atom stereocenters. The van der Waals surface area contributed by atoms with Gasteiger partial charge in [-0.1, -0.05) is 42.8 Å². The van der Waals surface area contributed by atoms with Crippen molar-refractivity contribution in [3.8, 4) is 5.69 Å². The summed E-state index contributed by atoms with van der Waals surface area (Å²) in [6.45, 7) is 4.64. The average molecular weight is 424 g/mol. The first-order valence-corrected chi connectivity index (χ1v) is 12.2. The zero-order valence-electron chi connectivity index (χ0n) is 16.1. The van der Waals surface area contributed by atoms with Gasteiger partial charge in [-0.3, -0.25) is 4.79 Å². The molecule has 8 nitrogen and oxygen atoms in total. The summed E-state index contributed by atoms with van der Waals surface area (Å²) in [6.07, 6.45) is 2.32. The number of rotatable bonds is 8. The van der Waals surface area contributed by atoms with Gasteiger partial charge in [-0.15, -0.1) is 5.10 Å². The Balaban J connectivity index is 1.68. The van der Waals surface area contributed by atoms with Gasteiger partial charge in [0.25, 0.3) is 0 Å². The minimum Gasteiger partial charge on any atom is -0.338 e. The van der Waals surface area contributed by atoms with Gasteiger partial charge >= 0.3 is 0 Å². The third-order valence-electron chi connectivity index (χ3n) is 4.77. The minimum atomic E-state index is -3.04. The molecule has 1 amide bonds. The number of hydrogen-bond acceptors (Lipinski definition) is 7. The fourth-order valence-corrected chi connectivity index (χ4v) is 5.69. The molecular weight excluding hydrogens is 398 g/mol. The summed E-state index contributed by atoms with van der Waals surface area (Å²) in [5.74, 6) is 0.326. The first-order valence-electron chi connectivity index (χ1n) is 9.37. The Morgan fingerprint density at radius 2 is 2.07 bits per heavy atom. The number of thioether (sulfide) groups is 1. The number of hydrogen-bond donors (Lipinski definition) is 0. The normalized spacial score (nSPS) is 18.3. The van der Waals surface area contributed by atoms with Crippen LogP contribution in [0.1, 0.15) is 31.7 Å². The van der Waals surface area contributed by atoms with Crippen LogP contribution in [-0.4, -0.2) is 69.3 Å². The molecule has 0 N–H and O–H groups in total. The number of sulfone groups is 1. The summed E-state index contributed by atoms with van der Waals surface area (Å²) in [5.41, 5.74) is 1.97. The number of benzene rings is 1. The highest BCUT2D eigenvalue weighted by Gasteiger charge is 2.34. The summed E-state index contributed by atoms with van der Waals surface area (Å²) >= 11 is 1.27. The van der Waals surface area contributed by atoms with Gasteiger partial charge < -0.3 is 4.90 Å². The quantitative estimate of drug-likeness (QED) is 0.598. The van der Waals surface area contributed by atoms with E-state index in [1.165, 1.54) is 11.8 Å². The van der Waals surface area contributed by atoms with Gasteiger partial charge in [0, 0.05) is 12.6 Å². The Morgan fingerprint density at radius 3 is 2.71 bits per heavy atom. The van der Waals surface area contributed by atoms with Crippen LogP contribution in [0.15, 0.2) is 29.4 Å². The van der Waals surface area contributed by atoms with Gasteiger partial charge in [-0.05, 0) is 42.3 Å². The molecular formula is C18H25N5O3S2. The van der Waals surface area contributed by atoms with E-state index in [1.54, 1.807) is 9.58 Å². The van der Waals surface area contributed by atoms with Crippen molar-refractivity contribution in [1.82, 2.24) is 25.1 Å². The summed E-state index contributed by atoms with van der Waals surface area (Å²) < 4.78 is 25.3. The standard InChI is InChI=1S/C18H25N5O3S2/c1-3-4-10-22(16-9-11-28(25,26)13-16)17(24)12-27-18-19-20-21-23(18)15-7-5-14(2)6-8-15/h5-8,16H,3-4,9-13H2,1-2H3/t16-/m1/s1. The largest absolute Gasteiger partial charge is 0.338 e. The summed E-state index contributed by atoms with van der Waals surface area (Å²) in [5, 5.41) is 12.3. The van der Waals surface area contributed by atoms with Crippen molar-refractivity contribution in [1.29, 1.82) is 0 Å². The molecule has 1 atom stereocenters. The molecule has 1 aromatic carbocycles. The first kappa shape index (κ1) is 20.8. The molecule has 0 saturated carbocycles. The van der Waals surface area contributed by atoms with Crippen LogP contribution in [0.5, 0.6) is 0 Å². The van der Waals surface area contributed by atoms with Gasteiger partial charge in [0.2, 0.25) is 11.1 Å². The topological polar surface area (TPSA) is 98.1 Å². The third-order valence-corrected chi connectivity index (χ3v) is 7.42. The number of carbonyl (C=O) groups excluding carboxylic acids is 1. The number of carbonyl (C=O) groups is 1. The van der Waals surface area contributed by atoms with Gasteiger partial charge in [0.05, 0.1) is 22.9 Å². The van der Waals surface area contributed by atoms with Gasteiger partial charge in [-0.2, -0.15) is 4.68 Å². The lowest BCUT2D eigenvalue weighted by Gasteiger charge is -2.28. The predicted octanol–water partition coefficient (Wildman–Crippen LogP) is 1.88. The first-order chi connectivity index (χ1) is 13.4. The Labute approximate surface area is 169 Å². The van der Waals surface area contributed by atoms with Gasteiger partial charge in [0.1, 0.15) is 0 Å². The molecule has 0 spiro atoms. The number of amides is 1. The highest BCUT2D eigenvalue weighted by molar-refractivity contribution is 7.99. The maximum atomic E-state index is 12.9. The van der Waals surface area contributed by atoms with E-state index < -0.39 is 9.84 Å². The average Bonchev–Trinajstić information content (AvgIpc) is 3.27. The smallest absolute Gasteiger partial charge is 0.233 e. The molecule has 3 rings (SSSR count). The van der Waals surface area contributed by atoms with E-state index in [0.29, 0.717) is 18.1 Å². The highest BCUT2D eigenvalue weighted by Crippen LogP contribution is 2.22. The zero-order valence-corrected chi connectivity index (χ0v) is 17.7. The molecule has 2 aromatic rings. The second kappa shape index (κ2) is 9.04. The lowest BCUT2D eigenvalue weighted by atomic mass is 10.2. The Morgan fingerprint density at radius 1 is 1.32 bits per heavy atom. The molecule has 1 saturated heterocycles. The highest BCUT2D eigenvalue weighted by atomic mass is 32.2. The number of nitrogens with zero attached hydrogens (tertiary/aromatic N) is 5. The number of unbranched alkanes of at least 4 members (excludes halogenated alkanes) is 1. The number of aryl methyl sites for hydroxylation is 1. The minimum absolute atomic E-state index is 0.0637. The monoisotopic (exact) mass is 423 g/mol. The van der Waals surface area contributed by atoms with Crippen molar-refractivity contribution in [2.45, 2.75) is 44.3 Å². The van der Waals surface area contributed by atoms with E-state index >= 15 is 0 Å². The molecule has 1 aromatic heterocycles. The van der Waals surface area contributed by atoms with Crippen LogP contribution in [0, 0.1) is 6.92 Å². The number of tetrazole rings is 1. The summed E-state index contributed by atoms with van der Waals surface area (Å²) in [6, 6.07) is 7.58. The zero-order chi connectivity index (χ0) is 20.1.